The molecule has 2 aliphatic heterocycles. The average molecular weight is 498 g/mol. The van der Waals surface area contributed by atoms with Gasteiger partial charge in [-0.2, -0.15) is 9.97 Å². The summed E-state index contributed by atoms with van der Waals surface area (Å²) in [5.74, 6) is 3.85. The smallest absolute Gasteiger partial charge is 0.226 e. The maximum absolute atomic E-state index is 11.7. The van der Waals surface area contributed by atoms with Crippen LogP contribution in [0, 0.1) is 5.92 Å². The van der Waals surface area contributed by atoms with Crippen molar-refractivity contribution in [3.05, 3.63) is 35.4 Å². The van der Waals surface area contributed by atoms with Crippen molar-refractivity contribution in [3.8, 4) is 0 Å². The van der Waals surface area contributed by atoms with Crippen molar-refractivity contribution in [2.24, 2.45) is 5.92 Å². The molecular weight excluding hydrogens is 458 g/mol. The number of hydrogen-bond donors (Lipinski definition) is 4. The van der Waals surface area contributed by atoms with Gasteiger partial charge in [0.2, 0.25) is 11.9 Å². The fourth-order valence-corrected chi connectivity index (χ4v) is 4.14. The van der Waals surface area contributed by atoms with Gasteiger partial charge in [-0.05, 0) is 30.8 Å². The number of piperazine rings is 1. The van der Waals surface area contributed by atoms with Gasteiger partial charge in [0.15, 0.2) is 5.76 Å². The maximum Gasteiger partial charge on any atom is 0.226 e. The van der Waals surface area contributed by atoms with Crippen LogP contribution in [0.25, 0.3) is 0 Å². The first-order valence-corrected chi connectivity index (χ1v) is 13.0. The van der Waals surface area contributed by atoms with Crippen LogP contribution in [-0.2, 0) is 11.3 Å². The van der Waals surface area contributed by atoms with Crippen molar-refractivity contribution >= 4 is 23.5 Å². The van der Waals surface area contributed by atoms with Gasteiger partial charge in [0.1, 0.15) is 17.8 Å². The molecule has 1 unspecified atom stereocenters. The molecule has 1 saturated heterocycles. The topological polar surface area (TPSA) is 123 Å². The third-order valence-electron chi connectivity index (χ3n) is 6.39. The lowest BCUT2D eigenvalue weighted by atomic mass is 10.1. The van der Waals surface area contributed by atoms with E-state index < -0.39 is 0 Å². The normalized spacial score (nSPS) is 19.4. The number of rotatable bonds is 8. The van der Waals surface area contributed by atoms with Gasteiger partial charge >= 0.3 is 0 Å². The minimum atomic E-state index is -0.0522. The lowest BCUT2D eigenvalue weighted by molar-refractivity contribution is -0.129. The van der Waals surface area contributed by atoms with Crippen LogP contribution in [-0.4, -0.2) is 58.3 Å². The van der Waals surface area contributed by atoms with E-state index in [4.69, 9.17) is 14.5 Å². The molecule has 11 nitrogen and oxygen atoms in total. The van der Waals surface area contributed by atoms with Crippen LogP contribution in [0.15, 0.2) is 28.4 Å². The van der Waals surface area contributed by atoms with Gasteiger partial charge in [0.05, 0.1) is 12.2 Å². The van der Waals surface area contributed by atoms with Gasteiger partial charge in [-0.3, -0.25) is 4.79 Å². The van der Waals surface area contributed by atoms with Gasteiger partial charge in [-0.15, -0.1) is 0 Å². The van der Waals surface area contributed by atoms with Crippen LogP contribution < -0.4 is 26.4 Å². The Labute approximate surface area is 213 Å². The molecule has 1 saturated carbocycles. The lowest BCUT2D eigenvalue weighted by Crippen LogP contribution is -2.48. The summed E-state index contributed by atoms with van der Waals surface area (Å²) in [7, 11) is 0. The predicted molar refractivity (Wildman–Crippen MR) is 140 cm³/mol. The molecule has 0 aromatic carbocycles. The van der Waals surface area contributed by atoms with E-state index in [-0.39, 0.29) is 12.1 Å². The Morgan fingerprint density at radius 2 is 1.92 bits per heavy atom. The summed E-state index contributed by atoms with van der Waals surface area (Å²) < 4.78 is 5.45. The second-order valence-electron chi connectivity index (χ2n) is 9.44. The summed E-state index contributed by atoms with van der Waals surface area (Å²) in [5, 5.41) is 10.9. The zero-order valence-electron chi connectivity index (χ0n) is 22.0. The van der Waals surface area contributed by atoms with Gasteiger partial charge in [0, 0.05) is 50.9 Å². The molecule has 5 rings (SSSR count). The first kappa shape index (κ1) is 25.7. The van der Waals surface area contributed by atoms with Crippen molar-refractivity contribution in [2.45, 2.75) is 66.1 Å². The van der Waals surface area contributed by atoms with E-state index in [2.05, 4.69) is 51.5 Å². The monoisotopic (exact) mass is 497 g/mol. The Bertz CT molecular complexity index is 1060. The Hall–Kier alpha value is -3.34. The molecule has 196 valence electrons. The summed E-state index contributed by atoms with van der Waals surface area (Å²) in [6, 6.07) is 3.92. The Balaban J connectivity index is 0.00000148. The summed E-state index contributed by atoms with van der Waals surface area (Å²) >= 11 is 0. The van der Waals surface area contributed by atoms with E-state index in [9.17, 15) is 4.79 Å². The first-order valence-electron chi connectivity index (χ1n) is 13.0. The number of anilines is 3. The van der Waals surface area contributed by atoms with Gasteiger partial charge < -0.3 is 30.4 Å². The molecule has 4 N–H and O–H groups in total. The number of carbonyl (C=O) groups is 1. The molecule has 1 atom stereocenters. The highest BCUT2D eigenvalue weighted by atomic mass is 16.5. The van der Waals surface area contributed by atoms with Gasteiger partial charge in [-0.1, -0.05) is 32.9 Å². The van der Waals surface area contributed by atoms with Crippen LogP contribution in [0.1, 0.15) is 64.8 Å². The minimum Gasteiger partial charge on any atom is -0.359 e. The number of hydrogen-bond acceptors (Lipinski definition) is 10. The molecule has 36 heavy (non-hydrogen) atoms. The number of aromatic nitrogens is 3. The molecule has 1 aliphatic carbocycles. The Kier molecular flexibility index (Phi) is 8.29. The van der Waals surface area contributed by atoms with E-state index in [0.29, 0.717) is 37.4 Å². The van der Waals surface area contributed by atoms with Crippen LogP contribution >= 0.6 is 0 Å². The molecule has 1 amide bonds. The number of nitrogens with one attached hydrogen (secondary N) is 4. The SMILES string of the molecule is CC.CC(=O)N1CCN(c2cc(NC3C=C(C4CC4)NN3)nc(NCc3cc(C(C)C)no3)n2)CC1. The van der Waals surface area contributed by atoms with E-state index in [0.717, 1.165) is 36.2 Å². The average Bonchev–Trinajstić information content (AvgIpc) is 3.43. The quantitative estimate of drug-likeness (QED) is 0.433. The summed E-state index contributed by atoms with van der Waals surface area (Å²) in [5.41, 5.74) is 8.72. The molecule has 2 aromatic rings. The molecule has 4 heterocycles. The molecule has 0 radical (unpaired) electrons. The number of carbonyl (C=O) groups excluding carboxylic acids is 1. The van der Waals surface area contributed by atoms with Crippen LogP contribution in [0.2, 0.25) is 0 Å². The molecular formula is C25H39N9O2. The second-order valence-corrected chi connectivity index (χ2v) is 9.44. The molecule has 11 heteroatoms. The van der Waals surface area contributed by atoms with Crippen molar-refractivity contribution in [1.29, 1.82) is 0 Å². The van der Waals surface area contributed by atoms with Crippen molar-refractivity contribution in [2.75, 3.05) is 41.7 Å². The lowest BCUT2D eigenvalue weighted by Gasteiger charge is -2.35. The molecule has 3 aliphatic rings. The fraction of sp³-hybridized carbons (Fsp3) is 0.600. The number of hydrazine groups is 1. The van der Waals surface area contributed by atoms with Crippen LogP contribution in [0.4, 0.5) is 17.6 Å². The highest BCUT2D eigenvalue weighted by molar-refractivity contribution is 5.73. The van der Waals surface area contributed by atoms with Crippen LogP contribution in [0.3, 0.4) is 0 Å². The standard InChI is InChI=1S/C23H33N9O2.C2H6/c1-14(2)18-10-17(34-30-18)13-24-23-26-20(25-21-11-19(28-29-21)16-4-5-16)12-22(27-23)32-8-6-31(7-9-32)15(3)33;1-2/h10-12,14,16,21,28-29H,4-9,13H2,1-3H3,(H2,24,25,26,27);1-2H3. The zero-order valence-corrected chi connectivity index (χ0v) is 22.0. The van der Waals surface area contributed by atoms with Gasteiger partial charge in [0.25, 0.3) is 0 Å². The molecule has 2 fully saturated rings. The van der Waals surface area contributed by atoms with E-state index in [1.807, 2.05) is 30.9 Å². The maximum atomic E-state index is 11.7. The number of amides is 1. The number of nitrogens with zero attached hydrogens (tertiary/aromatic N) is 5. The largest absolute Gasteiger partial charge is 0.359 e. The van der Waals surface area contributed by atoms with E-state index >= 15 is 0 Å². The number of allylic oxidation sites excluding steroid dienone is 1. The van der Waals surface area contributed by atoms with Crippen molar-refractivity contribution < 1.29 is 9.32 Å². The highest BCUT2D eigenvalue weighted by Crippen LogP contribution is 2.36. The first-order chi connectivity index (χ1) is 17.4. The predicted octanol–water partition coefficient (Wildman–Crippen LogP) is 3.03. The Morgan fingerprint density at radius 3 is 2.56 bits per heavy atom. The van der Waals surface area contributed by atoms with E-state index in [1.54, 1.807) is 6.92 Å². The summed E-state index contributed by atoms with van der Waals surface area (Å²) in [4.78, 5) is 25.2. The van der Waals surface area contributed by atoms with Gasteiger partial charge in [-0.25, -0.2) is 5.43 Å². The summed E-state index contributed by atoms with van der Waals surface area (Å²) in [6.07, 6.45) is 4.61. The fourth-order valence-electron chi connectivity index (χ4n) is 4.14. The third-order valence-corrected chi connectivity index (χ3v) is 6.39. The third kappa shape index (κ3) is 6.45. The second kappa shape index (κ2) is 11.6. The van der Waals surface area contributed by atoms with Crippen LogP contribution in [0.5, 0.6) is 0 Å². The molecule has 0 spiro atoms. The van der Waals surface area contributed by atoms with Crippen molar-refractivity contribution in [3.63, 3.8) is 0 Å². The van der Waals surface area contributed by atoms with Crippen molar-refractivity contribution in [1.82, 2.24) is 30.9 Å². The Morgan fingerprint density at radius 1 is 1.17 bits per heavy atom. The molecule has 2 aromatic heterocycles. The molecule has 0 bridgehead atoms. The zero-order chi connectivity index (χ0) is 25.7. The van der Waals surface area contributed by atoms with E-state index in [1.165, 1.54) is 18.5 Å². The highest BCUT2D eigenvalue weighted by Gasteiger charge is 2.30. The summed E-state index contributed by atoms with van der Waals surface area (Å²) in [6.45, 7) is 13.0. The minimum absolute atomic E-state index is 0.0522.